The summed E-state index contributed by atoms with van der Waals surface area (Å²) in [6.07, 6.45) is 28.0. The van der Waals surface area contributed by atoms with Crippen molar-refractivity contribution >= 4 is 5.97 Å². The predicted molar refractivity (Wildman–Crippen MR) is 160 cm³/mol. The lowest BCUT2D eigenvalue weighted by Crippen LogP contribution is -1.95. The highest BCUT2D eigenvalue weighted by Gasteiger charge is 1.83. The van der Waals surface area contributed by atoms with Crippen LogP contribution in [0.4, 0.5) is 0 Å². The molecule has 0 radical (unpaired) electrons. The Labute approximate surface area is 219 Å². The van der Waals surface area contributed by atoms with Gasteiger partial charge in [0.15, 0.2) is 0 Å². The molecule has 0 aromatic carbocycles. The minimum Gasteiger partial charge on any atom is -0.466 e. The van der Waals surface area contributed by atoms with Gasteiger partial charge in [-0.25, -0.2) is 0 Å². The monoisotopic (exact) mass is 489 g/mol. The molecule has 0 atom stereocenters. The summed E-state index contributed by atoms with van der Waals surface area (Å²) in [7, 11) is 0. The second-order valence-electron chi connectivity index (χ2n) is 9.17. The molecule has 0 aliphatic heterocycles. The summed E-state index contributed by atoms with van der Waals surface area (Å²) in [5, 5.41) is 0. The van der Waals surface area contributed by atoms with Crippen LogP contribution in [0.2, 0.25) is 0 Å². The fourth-order valence-electron chi connectivity index (χ4n) is 2.91. The predicted octanol–water partition coefficient (Wildman–Crippen LogP) is 12.5. The van der Waals surface area contributed by atoms with E-state index in [1.807, 2.05) is 0 Å². The number of unbranched alkanes of at least 4 members (excludes halogenated alkanes) is 16. The fraction of sp³-hybridized carbons (Fsp3) is 0.969. The second kappa shape index (κ2) is 53.7. The molecule has 0 fully saturated rings. The maximum atomic E-state index is 9.82. The number of esters is 1. The van der Waals surface area contributed by atoms with Crippen molar-refractivity contribution < 1.29 is 9.53 Å². The molecule has 0 spiro atoms. The van der Waals surface area contributed by atoms with Crippen LogP contribution >= 0.6 is 0 Å². The van der Waals surface area contributed by atoms with Gasteiger partial charge in [0.25, 0.3) is 0 Å². The summed E-state index contributed by atoms with van der Waals surface area (Å²) < 4.78 is 4.40. The Bertz CT molecular complexity index is 220. The molecule has 2 nitrogen and oxygen atoms in total. The third kappa shape index (κ3) is 85.6. The molecule has 0 aromatic heterocycles. The van der Waals surface area contributed by atoms with Crippen LogP contribution in [0.3, 0.4) is 0 Å². The Morgan fingerprint density at radius 2 is 0.559 bits per heavy atom. The lowest BCUT2D eigenvalue weighted by atomic mass is 10.2. The molecule has 2 heteroatoms. The van der Waals surface area contributed by atoms with E-state index < -0.39 is 0 Å². The zero-order valence-electron chi connectivity index (χ0n) is 26.2. The molecular formula is C32H72O2. The van der Waals surface area contributed by atoms with E-state index in [4.69, 9.17) is 0 Å². The summed E-state index contributed by atoms with van der Waals surface area (Å²) in [5.41, 5.74) is 0. The first-order valence-electron chi connectivity index (χ1n) is 15.6. The van der Waals surface area contributed by atoms with Crippen molar-refractivity contribution in [3.8, 4) is 0 Å². The van der Waals surface area contributed by atoms with E-state index in [0.29, 0.717) is 6.61 Å². The quantitative estimate of drug-likeness (QED) is 0.150. The van der Waals surface area contributed by atoms with Gasteiger partial charge in [0.2, 0.25) is 0 Å². The third-order valence-corrected chi connectivity index (χ3v) is 5.18. The number of carbonyl (C=O) groups is 1. The van der Waals surface area contributed by atoms with Gasteiger partial charge < -0.3 is 4.74 Å². The summed E-state index contributed by atoms with van der Waals surface area (Å²) in [5.74, 6) is -0.211. The highest BCUT2D eigenvalue weighted by molar-refractivity contribution is 5.65. The lowest BCUT2D eigenvalue weighted by Gasteiger charge is -1.90. The molecule has 0 amide bonds. The van der Waals surface area contributed by atoms with Gasteiger partial charge in [0.1, 0.15) is 0 Å². The van der Waals surface area contributed by atoms with E-state index in [9.17, 15) is 4.79 Å². The Morgan fingerprint density at radius 1 is 0.382 bits per heavy atom. The van der Waals surface area contributed by atoms with E-state index >= 15 is 0 Å². The molecule has 34 heavy (non-hydrogen) atoms. The smallest absolute Gasteiger partial charge is 0.302 e. The van der Waals surface area contributed by atoms with E-state index in [-0.39, 0.29) is 5.97 Å². The van der Waals surface area contributed by atoms with Crippen molar-refractivity contribution in [3.05, 3.63) is 0 Å². The number of rotatable bonds is 17. The van der Waals surface area contributed by atoms with E-state index in [1.165, 1.54) is 135 Å². The minimum absolute atomic E-state index is 0.211. The third-order valence-electron chi connectivity index (χ3n) is 5.18. The van der Waals surface area contributed by atoms with Crippen molar-refractivity contribution in [3.63, 3.8) is 0 Å². The molecule has 0 aliphatic rings. The van der Waals surface area contributed by atoms with Crippen LogP contribution in [0.5, 0.6) is 0 Å². The van der Waals surface area contributed by atoms with Gasteiger partial charge in [0, 0.05) is 6.92 Å². The van der Waals surface area contributed by atoms with Crippen molar-refractivity contribution in [1.82, 2.24) is 0 Å². The molecule has 0 saturated heterocycles. The molecular weight excluding hydrogens is 416 g/mol. The maximum Gasteiger partial charge on any atom is 0.302 e. The highest BCUT2D eigenvalue weighted by atomic mass is 16.5. The van der Waals surface area contributed by atoms with Gasteiger partial charge in [-0.15, -0.1) is 0 Å². The van der Waals surface area contributed by atoms with Crippen LogP contribution < -0.4 is 0 Å². The van der Waals surface area contributed by atoms with Gasteiger partial charge in [-0.1, -0.05) is 184 Å². The molecule has 0 rings (SSSR count). The van der Waals surface area contributed by atoms with E-state index in [2.05, 4.69) is 60.1 Å². The van der Waals surface area contributed by atoms with Crippen LogP contribution in [0.15, 0.2) is 0 Å². The zero-order chi connectivity index (χ0) is 27.1. The molecule has 0 saturated carbocycles. The van der Waals surface area contributed by atoms with Gasteiger partial charge in [-0.2, -0.15) is 0 Å². The topological polar surface area (TPSA) is 26.3 Å². The molecule has 0 unspecified atom stereocenters. The lowest BCUT2D eigenvalue weighted by molar-refractivity contribution is -0.140. The first-order valence-corrected chi connectivity index (χ1v) is 15.6. The van der Waals surface area contributed by atoms with Gasteiger partial charge >= 0.3 is 5.97 Å². The Morgan fingerprint density at radius 3 is 0.618 bits per heavy atom. The molecule has 0 N–H and O–H groups in total. The Balaban J connectivity index is -0.000000103. The first-order chi connectivity index (χ1) is 16.4. The van der Waals surface area contributed by atoms with Gasteiger partial charge in [0.05, 0.1) is 6.61 Å². The summed E-state index contributed by atoms with van der Waals surface area (Å²) in [4.78, 5) is 9.82. The van der Waals surface area contributed by atoms with Crippen molar-refractivity contribution in [2.45, 2.75) is 198 Å². The van der Waals surface area contributed by atoms with Crippen molar-refractivity contribution in [2.24, 2.45) is 0 Å². The van der Waals surface area contributed by atoms with Crippen molar-refractivity contribution in [2.75, 3.05) is 6.61 Å². The molecule has 0 bridgehead atoms. The number of carbonyl (C=O) groups excluding carboxylic acids is 1. The maximum absolute atomic E-state index is 9.82. The van der Waals surface area contributed by atoms with E-state index in [1.54, 1.807) is 6.92 Å². The van der Waals surface area contributed by atoms with Crippen LogP contribution in [0.25, 0.3) is 0 Å². The molecule has 0 aromatic rings. The van der Waals surface area contributed by atoms with Crippen molar-refractivity contribution in [1.29, 1.82) is 0 Å². The van der Waals surface area contributed by atoms with Crippen LogP contribution in [-0.2, 0) is 9.53 Å². The van der Waals surface area contributed by atoms with E-state index in [0.717, 1.165) is 0 Å². The number of ether oxygens (including phenoxy) is 1. The van der Waals surface area contributed by atoms with Gasteiger partial charge in [-0.05, 0) is 6.92 Å². The van der Waals surface area contributed by atoms with Gasteiger partial charge in [-0.3, -0.25) is 4.79 Å². The highest BCUT2D eigenvalue weighted by Crippen LogP contribution is 2.01. The summed E-state index contributed by atoms with van der Waals surface area (Å²) in [6, 6.07) is 0. The average molecular weight is 489 g/mol. The summed E-state index contributed by atoms with van der Waals surface area (Å²) >= 11 is 0. The second-order valence-corrected chi connectivity index (χ2v) is 9.17. The molecule has 212 valence electrons. The van der Waals surface area contributed by atoms with Crippen LogP contribution in [0, 0.1) is 0 Å². The largest absolute Gasteiger partial charge is 0.466 e. The average Bonchev–Trinajstić information content (AvgIpc) is 2.82. The summed E-state index contributed by atoms with van der Waals surface area (Å²) in [6.45, 7) is 21.6. The molecule has 0 aliphatic carbocycles. The standard InChI is InChI=1S/4C7H16.C4H8O2/c4*1-3-5-7-6-4-2;1-3-6-4(2)5/h4*3-7H2,1-2H3;3H2,1-2H3. The normalized spacial score (nSPS) is 9.12. The molecule has 0 heterocycles. The number of hydrogen-bond acceptors (Lipinski definition) is 2. The van der Waals surface area contributed by atoms with Crippen LogP contribution in [0.1, 0.15) is 198 Å². The zero-order valence-corrected chi connectivity index (χ0v) is 26.2. The minimum atomic E-state index is -0.211. The van der Waals surface area contributed by atoms with Crippen LogP contribution in [-0.4, -0.2) is 12.6 Å². The SMILES string of the molecule is CCCCCCC.CCCCCCC.CCCCCCC.CCCCCCC.CCOC(C)=O. The number of hydrogen-bond donors (Lipinski definition) is 0. The fourth-order valence-corrected chi connectivity index (χ4v) is 2.91. The Hall–Kier alpha value is -0.530. The Kier molecular flexibility index (Phi) is 68.8. The first kappa shape index (κ1) is 43.5.